The van der Waals surface area contributed by atoms with Crippen LogP contribution in [0.25, 0.3) is 11.0 Å². The zero-order chi connectivity index (χ0) is 22.7. The molecule has 0 aliphatic carbocycles. The number of pyridine rings is 2. The van der Waals surface area contributed by atoms with E-state index in [9.17, 15) is 19.3 Å². The predicted molar refractivity (Wildman–Crippen MR) is 120 cm³/mol. The number of nitrogens with one attached hydrogen (secondary N) is 1. The fourth-order valence-electron chi connectivity index (χ4n) is 4.20. The highest BCUT2D eigenvalue weighted by Gasteiger charge is 2.19. The van der Waals surface area contributed by atoms with Gasteiger partial charge in [0, 0.05) is 49.4 Å². The van der Waals surface area contributed by atoms with E-state index in [1.807, 2.05) is 6.07 Å². The van der Waals surface area contributed by atoms with Crippen molar-refractivity contribution in [2.24, 2.45) is 0 Å². The number of rotatable bonds is 7. The number of nitrogens with zero attached hydrogens (tertiary/aromatic N) is 4. The fourth-order valence-corrected chi connectivity index (χ4v) is 4.20. The van der Waals surface area contributed by atoms with Crippen LogP contribution < -0.4 is 10.9 Å². The van der Waals surface area contributed by atoms with E-state index in [2.05, 4.69) is 15.2 Å². The van der Waals surface area contributed by atoms with E-state index in [1.165, 1.54) is 12.1 Å². The van der Waals surface area contributed by atoms with Crippen molar-refractivity contribution in [3.05, 3.63) is 80.0 Å². The van der Waals surface area contributed by atoms with Crippen molar-refractivity contribution in [2.75, 3.05) is 19.6 Å². The van der Waals surface area contributed by atoms with Gasteiger partial charge in [0.15, 0.2) is 0 Å². The van der Waals surface area contributed by atoms with E-state index in [1.54, 1.807) is 29.7 Å². The molecule has 168 valence electrons. The van der Waals surface area contributed by atoms with Crippen LogP contribution in [0.2, 0.25) is 0 Å². The molecule has 32 heavy (non-hydrogen) atoms. The first-order chi connectivity index (χ1) is 15.4. The van der Waals surface area contributed by atoms with Crippen molar-refractivity contribution < 1.29 is 9.31 Å². The Morgan fingerprint density at radius 2 is 1.97 bits per heavy atom. The van der Waals surface area contributed by atoms with Gasteiger partial charge in [0.1, 0.15) is 5.82 Å². The second-order valence-corrected chi connectivity index (χ2v) is 8.26. The van der Waals surface area contributed by atoms with Crippen molar-refractivity contribution in [3.63, 3.8) is 0 Å². The normalized spacial score (nSPS) is 15.3. The molecule has 0 saturated carbocycles. The van der Waals surface area contributed by atoms with E-state index in [4.69, 9.17) is 0 Å². The average Bonchev–Trinajstić information content (AvgIpc) is 2.78. The zero-order valence-electron chi connectivity index (χ0n) is 18.0. The summed E-state index contributed by atoms with van der Waals surface area (Å²) >= 11 is 0. The third-order valence-corrected chi connectivity index (χ3v) is 6.10. The van der Waals surface area contributed by atoms with Gasteiger partial charge in [-0.3, -0.25) is 19.9 Å². The van der Waals surface area contributed by atoms with Gasteiger partial charge in [0.2, 0.25) is 0 Å². The Labute approximate surface area is 184 Å². The first-order valence-electron chi connectivity index (χ1n) is 10.8. The number of fused-ring (bicyclic) bond motifs is 1. The standard InChI is InChI=1S/C23H26FN5O3/c1-16-2-3-17(12-21(16)29(31)32)14-25-19-6-8-27(9-7-19)10-11-28-22-13-18(24)15-26-20(22)4-5-23(28)30/h2-5,12-13,15,19,25H,6-11,14H2,1H3. The number of halogens is 1. The monoisotopic (exact) mass is 439 g/mol. The van der Waals surface area contributed by atoms with Gasteiger partial charge < -0.3 is 14.8 Å². The largest absolute Gasteiger partial charge is 0.310 e. The Hall–Kier alpha value is -3.17. The van der Waals surface area contributed by atoms with E-state index in [0.29, 0.717) is 42.3 Å². The van der Waals surface area contributed by atoms with E-state index >= 15 is 0 Å². The average molecular weight is 439 g/mol. The SMILES string of the molecule is Cc1ccc(CNC2CCN(CCn3c(=O)ccc4ncc(F)cc43)CC2)cc1[N+](=O)[O-]. The lowest BCUT2D eigenvalue weighted by Crippen LogP contribution is -2.43. The summed E-state index contributed by atoms with van der Waals surface area (Å²) in [5, 5.41) is 14.6. The number of aromatic nitrogens is 2. The minimum Gasteiger partial charge on any atom is -0.310 e. The Balaban J connectivity index is 1.30. The highest BCUT2D eigenvalue weighted by molar-refractivity contribution is 5.74. The summed E-state index contributed by atoms with van der Waals surface area (Å²) in [6.07, 6.45) is 3.06. The number of aryl methyl sites for hydroxylation is 1. The molecule has 1 saturated heterocycles. The number of benzene rings is 1. The molecule has 1 aliphatic rings. The zero-order valence-corrected chi connectivity index (χ0v) is 18.0. The number of likely N-dealkylation sites (tertiary alicyclic amines) is 1. The van der Waals surface area contributed by atoms with Gasteiger partial charge in [-0.15, -0.1) is 0 Å². The molecule has 0 unspecified atom stereocenters. The minimum atomic E-state index is -0.456. The van der Waals surface area contributed by atoms with E-state index < -0.39 is 5.82 Å². The Morgan fingerprint density at radius 1 is 1.19 bits per heavy atom. The molecule has 2 aromatic heterocycles. The fraction of sp³-hybridized carbons (Fsp3) is 0.391. The molecular formula is C23H26FN5O3. The Kier molecular flexibility index (Phi) is 6.57. The molecule has 9 heteroatoms. The maximum Gasteiger partial charge on any atom is 0.272 e. The van der Waals surface area contributed by atoms with Crippen LogP contribution in [0.4, 0.5) is 10.1 Å². The van der Waals surface area contributed by atoms with Crippen molar-refractivity contribution >= 4 is 16.7 Å². The number of piperidine rings is 1. The van der Waals surface area contributed by atoms with Crippen LogP contribution in [0.5, 0.6) is 0 Å². The van der Waals surface area contributed by atoms with Crippen molar-refractivity contribution in [3.8, 4) is 0 Å². The van der Waals surface area contributed by atoms with Crippen molar-refractivity contribution in [1.82, 2.24) is 19.8 Å². The van der Waals surface area contributed by atoms with Gasteiger partial charge in [-0.25, -0.2) is 4.39 Å². The van der Waals surface area contributed by atoms with Gasteiger partial charge in [-0.1, -0.05) is 12.1 Å². The van der Waals surface area contributed by atoms with Crippen molar-refractivity contribution in [1.29, 1.82) is 0 Å². The molecular weight excluding hydrogens is 413 g/mol. The van der Waals surface area contributed by atoms with Gasteiger partial charge in [0.25, 0.3) is 11.2 Å². The smallest absolute Gasteiger partial charge is 0.272 e. The summed E-state index contributed by atoms with van der Waals surface area (Å²) in [4.78, 5) is 29.5. The third kappa shape index (κ3) is 5.00. The molecule has 0 atom stereocenters. The second-order valence-electron chi connectivity index (χ2n) is 8.26. The lowest BCUT2D eigenvalue weighted by Gasteiger charge is -2.32. The molecule has 0 spiro atoms. The molecule has 8 nitrogen and oxygen atoms in total. The Morgan fingerprint density at radius 3 is 2.72 bits per heavy atom. The summed E-state index contributed by atoms with van der Waals surface area (Å²) < 4.78 is 15.2. The number of nitro groups is 1. The summed E-state index contributed by atoms with van der Waals surface area (Å²) in [7, 11) is 0. The van der Waals surface area contributed by atoms with Crippen LogP contribution in [0, 0.1) is 22.9 Å². The minimum absolute atomic E-state index is 0.151. The van der Waals surface area contributed by atoms with Gasteiger partial charge in [-0.05, 0) is 44.5 Å². The van der Waals surface area contributed by atoms with Crippen LogP contribution in [-0.4, -0.2) is 45.1 Å². The van der Waals surface area contributed by atoms with Gasteiger partial charge in [-0.2, -0.15) is 0 Å². The summed E-state index contributed by atoms with van der Waals surface area (Å²) in [5.74, 6) is -0.456. The van der Waals surface area contributed by atoms with Crippen LogP contribution in [0.15, 0.2) is 47.4 Å². The van der Waals surface area contributed by atoms with E-state index in [-0.39, 0.29) is 16.2 Å². The molecule has 3 aromatic rings. The van der Waals surface area contributed by atoms with Crippen LogP contribution >= 0.6 is 0 Å². The third-order valence-electron chi connectivity index (χ3n) is 6.10. The lowest BCUT2D eigenvalue weighted by atomic mass is 10.0. The molecule has 0 radical (unpaired) electrons. The maximum absolute atomic E-state index is 13.6. The molecule has 4 rings (SSSR count). The molecule has 3 heterocycles. The van der Waals surface area contributed by atoms with Crippen LogP contribution in [0.1, 0.15) is 24.0 Å². The van der Waals surface area contributed by atoms with Crippen LogP contribution in [0.3, 0.4) is 0 Å². The number of hydrogen-bond acceptors (Lipinski definition) is 6. The lowest BCUT2D eigenvalue weighted by molar-refractivity contribution is -0.385. The second kappa shape index (κ2) is 9.54. The first kappa shape index (κ1) is 22.0. The van der Waals surface area contributed by atoms with Crippen LogP contribution in [-0.2, 0) is 13.1 Å². The molecule has 0 amide bonds. The van der Waals surface area contributed by atoms with Gasteiger partial charge >= 0.3 is 0 Å². The highest BCUT2D eigenvalue weighted by Crippen LogP contribution is 2.20. The van der Waals surface area contributed by atoms with Gasteiger partial charge in [0.05, 0.1) is 22.2 Å². The summed E-state index contributed by atoms with van der Waals surface area (Å²) in [6.45, 7) is 5.29. The predicted octanol–water partition coefficient (Wildman–Crippen LogP) is 3.01. The topological polar surface area (TPSA) is 93.3 Å². The molecule has 1 N–H and O–H groups in total. The number of hydrogen-bond donors (Lipinski definition) is 1. The molecule has 1 aromatic carbocycles. The molecule has 1 fully saturated rings. The first-order valence-corrected chi connectivity index (χ1v) is 10.8. The quantitative estimate of drug-likeness (QED) is 0.449. The molecule has 0 bridgehead atoms. The summed E-state index contributed by atoms with van der Waals surface area (Å²) in [6, 6.07) is 10.1. The maximum atomic E-state index is 13.6. The Bertz CT molecular complexity index is 1190. The van der Waals surface area contributed by atoms with Crippen molar-refractivity contribution in [2.45, 2.75) is 38.9 Å². The summed E-state index contributed by atoms with van der Waals surface area (Å²) in [5.41, 5.74) is 2.68. The highest BCUT2D eigenvalue weighted by atomic mass is 19.1. The number of nitro benzene ring substituents is 1. The molecule has 1 aliphatic heterocycles. The van der Waals surface area contributed by atoms with E-state index in [0.717, 1.165) is 37.7 Å².